The van der Waals surface area contributed by atoms with E-state index in [1.807, 2.05) is 0 Å². The molecule has 3 nitrogen and oxygen atoms in total. The molecule has 0 heterocycles. The number of hydrogen-bond acceptors (Lipinski definition) is 3. The fraction of sp³-hybridized carbons (Fsp3) is 0.667. The van der Waals surface area contributed by atoms with Crippen molar-refractivity contribution in [3.05, 3.63) is 12.7 Å². The molecule has 13 heavy (non-hydrogen) atoms. The minimum Gasteiger partial charge on any atom is -0.480 e. The highest BCUT2D eigenvalue weighted by Crippen LogP contribution is 2.04. The third kappa shape index (κ3) is 6.66. The van der Waals surface area contributed by atoms with Gasteiger partial charge in [-0.2, -0.15) is 11.8 Å². The van der Waals surface area contributed by atoms with Gasteiger partial charge in [0.25, 0.3) is 0 Å². The molecule has 0 aliphatic carbocycles. The summed E-state index contributed by atoms with van der Waals surface area (Å²) in [5.74, 6) is 1.14. The number of hydrogen-bond donors (Lipinski definition) is 2. The summed E-state index contributed by atoms with van der Waals surface area (Å²) in [4.78, 5) is 10.7. The monoisotopic (exact) mass is 203 g/mol. The summed E-state index contributed by atoms with van der Waals surface area (Å²) < 4.78 is 0. The standard InChI is InChI=1S/C9H17NO2S/c1-3-6-10-8(9(11)12)5-7-13-4-2/h3,8,10H,1,4-7H2,2H3,(H,11,12). The molecule has 76 valence electrons. The molecule has 0 aliphatic rings. The van der Waals surface area contributed by atoms with Gasteiger partial charge in [-0.3, -0.25) is 4.79 Å². The SMILES string of the molecule is C=CCNC(CCSCC)C(=O)O. The second kappa shape index (κ2) is 8.13. The first-order valence-corrected chi connectivity index (χ1v) is 5.52. The van der Waals surface area contributed by atoms with Crippen molar-refractivity contribution < 1.29 is 9.90 Å². The van der Waals surface area contributed by atoms with Gasteiger partial charge >= 0.3 is 5.97 Å². The van der Waals surface area contributed by atoms with Gasteiger partial charge in [0.05, 0.1) is 0 Å². The van der Waals surface area contributed by atoms with Gasteiger partial charge < -0.3 is 10.4 Å². The van der Waals surface area contributed by atoms with E-state index in [9.17, 15) is 4.79 Å². The number of thioether (sulfide) groups is 1. The Bertz CT molecular complexity index is 162. The van der Waals surface area contributed by atoms with Crippen LogP contribution in [0.5, 0.6) is 0 Å². The van der Waals surface area contributed by atoms with E-state index < -0.39 is 12.0 Å². The number of rotatable bonds is 8. The summed E-state index contributed by atoms with van der Waals surface area (Å²) in [6.45, 7) is 6.14. The van der Waals surface area contributed by atoms with Gasteiger partial charge in [-0.25, -0.2) is 0 Å². The summed E-state index contributed by atoms with van der Waals surface area (Å²) in [6, 6.07) is -0.433. The van der Waals surface area contributed by atoms with Crippen LogP contribution in [0.3, 0.4) is 0 Å². The Morgan fingerprint density at radius 1 is 1.77 bits per heavy atom. The molecule has 0 fully saturated rings. The lowest BCUT2D eigenvalue weighted by Crippen LogP contribution is -2.37. The molecule has 0 amide bonds. The van der Waals surface area contributed by atoms with E-state index >= 15 is 0 Å². The van der Waals surface area contributed by atoms with Gasteiger partial charge in [-0.1, -0.05) is 13.0 Å². The maximum Gasteiger partial charge on any atom is 0.320 e. The van der Waals surface area contributed by atoms with E-state index in [4.69, 9.17) is 5.11 Å². The minimum atomic E-state index is -0.779. The normalized spacial score (nSPS) is 12.4. The van der Waals surface area contributed by atoms with Crippen molar-refractivity contribution in [2.75, 3.05) is 18.1 Å². The van der Waals surface area contributed by atoms with Crippen molar-refractivity contribution in [2.45, 2.75) is 19.4 Å². The molecular formula is C9H17NO2S. The van der Waals surface area contributed by atoms with Crippen LogP contribution in [-0.2, 0) is 4.79 Å². The van der Waals surface area contributed by atoms with Gasteiger partial charge in [-0.15, -0.1) is 6.58 Å². The molecule has 2 N–H and O–H groups in total. The lowest BCUT2D eigenvalue weighted by Gasteiger charge is -2.12. The van der Waals surface area contributed by atoms with Gasteiger partial charge in [0.2, 0.25) is 0 Å². The van der Waals surface area contributed by atoms with Gasteiger partial charge in [-0.05, 0) is 17.9 Å². The summed E-state index contributed by atoms with van der Waals surface area (Å²) in [6.07, 6.45) is 2.34. The summed E-state index contributed by atoms with van der Waals surface area (Å²) >= 11 is 1.76. The van der Waals surface area contributed by atoms with Gasteiger partial charge in [0, 0.05) is 6.54 Å². The van der Waals surface area contributed by atoms with Crippen molar-refractivity contribution in [3.8, 4) is 0 Å². The first-order chi connectivity index (χ1) is 6.22. The first kappa shape index (κ1) is 12.5. The second-order valence-corrected chi connectivity index (χ2v) is 3.97. The number of carboxylic acid groups (broad SMARTS) is 1. The third-order valence-electron chi connectivity index (χ3n) is 1.56. The van der Waals surface area contributed by atoms with E-state index in [2.05, 4.69) is 18.8 Å². The molecule has 0 rings (SSSR count). The van der Waals surface area contributed by atoms with Crippen LogP contribution in [-0.4, -0.2) is 35.2 Å². The molecule has 0 bridgehead atoms. The number of aliphatic carboxylic acids is 1. The molecule has 0 saturated carbocycles. The highest BCUT2D eigenvalue weighted by Gasteiger charge is 2.14. The number of nitrogens with one attached hydrogen (secondary N) is 1. The highest BCUT2D eigenvalue weighted by atomic mass is 32.2. The summed E-state index contributed by atoms with van der Waals surface area (Å²) in [5.41, 5.74) is 0. The Morgan fingerprint density at radius 3 is 2.92 bits per heavy atom. The zero-order chi connectivity index (χ0) is 10.1. The Kier molecular flexibility index (Phi) is 7.83. The van der Waals surface area contributed by atoms with E-state index in [1.165, 1.54) is 0 Å². The van der Waals surface area contributed by atoms with E-state index in [0.717, 1.165) is 11.5 Å². The molecule has 0 aromatic rings. The molecule has 0 aromatic heterocycles. The summed E-state index contributed by atoms with van der Waals surface area (Å²) in [5, 5.41) is 11.7. The highest BCUT2D eigenvalue weighted by molar-refractivity contribution is 7.99. The smallest absolute Gasteiger partial charge is 0.320 e. The maximum absolute atomic E-state index is 10.7. The molecule has 0 spiro atoms. The molecule has 1 atom stereocenters. The fourth-order valence-electron chi connectivity index (χ4n) is 0.884. The van der Waals surface area contributed by atoms with Crippen LogP contribution in [0.25, 0.3) is 0 Å². The Balaban J connectivity index is 3.66. The third-order valence-corrected chi connectivity index (χ3v) is 2.49. The van der Waals surface area contributed by atoms with Crippen LogP contribution in [0.4, 0.5) is 0 Å². The van der Waals surface area contributed by atoms with Crippen LogP contribution in [0, 0.1) is 0 Å². The quantitative estimate of drug-likeness (QED) is 0.462. The Hall–Kier alpha value is -0.480. The largest absolute Gasteiger partial charge is 0.480 e. The average Bonchev–Trinajstić information content (AvgIpc) is 2.10. The molecule has 4 heteroatoms. The van der Waals surface area contributed by atoms with Crippen LogP contribution in [0.2, 0.25) is 0 Å². The Morgan fingerprint density at radius 2 is 2.46 bits per heavy atom. The Labute approximate surface area is 83.6 Å². The van der Waals surface area contributed by atoms with Gasteiger partial charge in [0.1, 0.15) is 6.04 Å². The second-order valence-electron chi connectivity index (χ2n) is 2.57. The van der Waals surface area contributed by atoms with Crippen molar-refractivity contribution >= 4 is 17.7 Å². The predicted molar refractivity (Wildman–Crippen MR) is 57.2 cm³/mol. The van der Waals surface area contributed by atoms with Crippen molar-refractivity contribution in [1.82, 2.24) is 5.32 Å². The van der Waals surface area contributed by atoms with Crippen LogP contribution in [0.15, 0.2) is 12.7 Å². The zero-order valence-electron chi connectivity index (χ0n) is 7.95. The minimum absolute atomic E-state index is 0.433. The number of carbonyl (C=O) groups is 1. The fourth-order valence-corrected chi connectivity index (χ4v) is 1.58. The topological polar surface area (TPSA) is 49.3 Å². The average molecular weight is 203 g/mol. The molecule has 1 unspecified atom stereocenters. The number of carboxylic acids is 1. The molecule has 0 saturated heterocycles. The molecule has 0 radical (unpaired) electrons. The predicted octanol–water partition coefficient (Wildman–Crippen LogP) is 1.36. The van der Waals surface area contributed by atoms with Crippen LogP contribution < -0.4 is 5.32 Å². The van der Waals surface area contributed by atoms with E-state index in [-0.39, 0.29) is 0 Å². The van der Waals surface area contributed by atoms with E-state index in [0.29, 0.717) is 13.0 Å². The summed E-state index contributed by atoms with van der Waals surface area (Å²) in [7, 11) is 0. The van der Waals surface area contributed by atoms with Gasteiger partial charge in [0.15, 0.2) is 0 Å². The lowest BCUT2D eigenvalue weighted by molar-refractivity contribution is -0.139. The first-order valence-electron chi connectivity index (χ1n) is 4.37. The van der Waals surface area contributed by atoms with Crippen LogP contribution >= 0.6 is 11.8 Å². The molecule has 0 aromatic carbocycles. The molecule has 0 aliphatic heterocycles. The van der Waals surface area contributed by atoms with Crippen LogP contribution in [0.1, 0.15) is 13.3 Å². The van der Waals surface area contributed by atoms with Crippen molar-refractivity contribution in [3.63, 3.8) is 0 Å². The van der Waals surface area contributed by atoms with E-state index in [1.54, 1.807) is 17.8 Å². The maximum atomic E-state index is 10.7. The van der Waals surface area contributed by atoms with Crippen molar-refractivity contribution in [1.29, 1.82) is 0 Å². The van der Waals surface area contributed by atoms with Crippen molar-refractivity contribution in [2.24, 2.45) is 0 Å². The lowest BCUT2D eigenvalue weighted by atomic mass is 10.2. The molecular weight excluding hydrogens is 186 g/mol. The zero-order valence-corrected chi connectivity index (χ0v) is 8.77.